The summed E-state index contributed by atoms with van der Waals surface area (Å²) in [7, 11) is 0. The Morgan fingerprint density at radius 1 is 0.500 bits per heavy atom. The molecule has 1 saturated heterocycles. The lowest BCUT2D eigenvalue weighted by molar-refractivity contribution is 0.333. The summed E-state index contributed by atoms with van der Waals surface area (Å²) in [6.07, 6.45) is 29.3. The molecule has 1 aliphatic rings. The summed E-state index contributed by atoms with van der Waals surface area (Å²) >= 11 is 2.20. The highest BCUT2D eigenvalue weighted by Crippen LogP contribution is 2.15. The van der Waals surface area contributed by atoms with Crippen molar-refractivity contribution in [2.45, 2.75) is 135 Å². The van der Waals surface area contributed by atoms with Gasteiger partial charge in [-0.05, 0) is 63.2 Å². The summed E-state index contributed by atoms with van der Waals surface area (Å²) in [5, 5.41) is 0. The van der Waals surface area contributed by atoms with Crippen molar-refractivity contribution >= 4 is 11.8 Å². The van der Waals surface area contributed by atoms with Crippen LogP contribution >= 0.6 is 11.8 Å². The van der Waals surface area contributed by atoms with Gasteiger partial charge in [-0.2, -0.15) is 11.8 Å². The van der Waals surface area contributed by atoms with Crippen molar-refractivity contribution in [1.29, 1.82) is 0 Å². The van der Waals surface area contributed by atoms with Gasteiger partial charge in [-0.15, -0.1) is 0 Å². The fraction of sp³-hybridized carbons (Fsp3) is 1.00. The van der Waals surface area contributed by atoms with Crippen molar-refractivity contribution in [3.8, 4) is 0 Å². The van der Waals surface area contributed by atoms with Crippen LogP contribution in [-0.4, -0.2) is 36.0 Å². The first-order valence-corrected chi connectivity index (χ1v) is 14.4. The van der Waals surface area contributed by atoms with E-state index in [1.807, 2.05) is 0 Å². The lowest BCUT2D eigenvalue weighted by atomic mass is 10.0. The summed E-state index contributed by atoms with van der Waals surface area (Å²) in [6, 6.07) is 0. The van der Waals surface area contributed by atoms with Gasteiger partial charge in [-0.1, -0.05) is 103 Å². The first-order valence-electron chi connectivity index (χ1n) is 13.2. The van der Waals surface area contributed by atoms with Gasteiger partial charge >= 0.3 is 0 Å². The smallest absolute Gasteiger partial charge is 0.00183 e. The molecule has 0 aromatic carbocycles. The Labute approximate surface area is 183 Å². The molecule has 0 saturated carbocycles. The molecule has 0 N–H and O–H groups in total. The zero-order valence-electron chi connectivity index (χ0n) is 19.5. The molecule has 168 valence electrons. The zero-order chi connectivity index (χ0) is 20.0. The van der Waals surface area contributed by atoms with Crippen LogP contribution in [0.25, 0.3) is 0 Å². The Kier molecular flexibility index (Phi) is 20.7. The highest BCUT2D eigenvalue weighted by Gasteiger charge is 2.09. The molecule has 0 radical (unpaired) electrons. The Morgan fingerprint density at radius 2 is 0.893 bits per heavy atom. The molecule has 0 aliphatic carbocycles. The second-order valence-corrected chi connectivity index (χ2v) is 10.4. The minimum atomic E-state index is 1.36. The van der Waals surface area contributed by atoms with Crippen molar-refractivity contribution in [1.82, 2.24) is 4.90 Å². The first-order chi connectivity index (χ1) is 13.9. The largest absolute Gasteiger partial charge is 0.303 e. The van der Waals surface area contributed by atoms with Crippen LogP contribution in [0.15, 0.2) is 0 Å². The number of unbranched alkanes of at least 4 members (excludes halogenated alkanes) is 16. The van der Waals surface area contributed by atoms with Crippen LogP contribution in [0.1, 0.15) is 135 Å². The van der Waals surface area contributed by atoms with Crippen LogP contribution in [0.4, 0.5) is 0 Å². The summed E-state index contributed by atoms with van der Waals surface area (Å²) in [5.74, 6) is 2.80. The van der Waals surface area contributed by atoms with Crippen LogP contribution in [-0.2, 0) is 0 Å². The lowest BCUT2D eigenvalue weighted by Crippen LogP contribution is -2.20. The minimum absolute atomic E-state index is 1.36. The minimum Gasteiger partial charge on any atom is -0.303 e. The van der Waals surface area contributed by atoms with Crippen LogP contribution in [0.5, 0.6) is 0 Å². The maximum absolute atomic E-state index is 2.65. The van der Waals surface area contributed by atoms with Crippen molar-refractivity contribution in [2.24, 2.45) is 0 Å². The first kappa shape index (κ1) is 26.3. The van der Waals surface area contributed by atoms with Gasteiger partial charge in [0.1, 0.15) is 0 Å². The van der Waals surface area contributed by atoms with Crippen molar-refractivity contribution in [2.75, 3.05) is 31.1 Å². The standard InChI is InChI=1S/C26H53NS/c1-2-3-4-5-6-7-8-9-10-11-12-13-14-15-16-20-25-28-26-21-19-24-27-22-17-18-23-27/h2-26H2,1H3. The number of rotatable bonds is 22. The maximum atomic E-state index is 2.65. The third kappa shape index (κ3) is 18.3. The molecule has 1 heterocycles. The van der Waals surface area contributed by atoms with Crippen LogP contribution in [0, 0.1) is 0 Å². The Balaban J connectivity index is 1.61. The van der Waals surface area contributed by atoms with Gasteiger partial charge in [0.25, 0.3) is 0 Å². The zero-order valence-corrected chi connectivity index (χ0v) is 20.3. The Hall–Kier alpha value is 0.310. The van der Waals surface area contributed by atoms with E-state index in [9.17, 15) is 0 Å². The normalized spacial score (nSPS) is 14.9. The second kappa shape index (κ2) is 22.0. The fourth-order valence-corrected chi connectivity index (χ4v) is 5.42. The Bertz CT molecular complexity index is 288. The number of likely N-dealkylation sites (tertiary alicyclic amines) is 1. The van der Waals surface area contributed by atoms with Gasteiger partial charge in [0, 0.05) is 0 Å². The molecule has 28 heavy (non-hydrogen) atoms. The quantitative estimate of drug-likeness (QED) is 0.164. The van der Waals surface area contributed by atoms with Gasteiger partial charge in [0.2, 0.25) is 0 Å². The monoisotopic (exact) mass is 411 g/mol. The summed E-state index contributed by atoms with van der Waals surface area (Å²) in [4.78, 5) is 2.65. The van der Waals surface area contributed by atoms with E-state index in [-0.39, 0.29) is 0 Å². The van der Waals surface area contributed by atoms with E-state index in [1.54, 1.807) is 0 Å². The molecule has 1 nitrogen and oxygen atoms in total. The average molecular weight is 412 g/mol. The predicted molar refractivity (Wildman–Crippen MR) is 132 cm³/mol. The fourth-order valence-electron chi connectivity index (χ4n) is 4.40. The van der Waals surface area contributed by atoms with Crippen LogP contribution < -0.4 is 0 Å². The van der Waals surface area contributed by atoms with E-state index >= 15 is 0 Å². The molecule has 1 aliphatic heterocycles. The molecule has 0 atom stereocenters. The van der Waals surface area contributed by atoms with Gasteiger partial charge < -0.3 is 4.90 Å². The van der Waals surface area contributed by atoms with Crippen LogP contribution in [0.2, 0.25) is 0 Å². The summed E-state index contributed by atoms with van der Waals surface area (Å²) in [5.41, 5.74) is 0. The van der Waals surface area contributed by atoms with Gasteiger partial charge in [-0.25, -0.2) is 0 Å². The van der Waals surface area contributed by atoms with Crippen LogP contribution in [0.3, 0.4) is 0 Å². The molecule has 1 rings (SSSR count). The van der Waals surface area contributed by atoms with E-state index in [0.717, 1.165) is 0 Å². The summed E-state index contributed by atoms with van der Waals surface area (Å²) < 4.78 is 0. The molecule has 0 spiro atoms. The van der Waals surface area contributed by atoms with Gasteiger partial charge in [0.05, 0.1) is 0 Å². The SMILES string of the molecule is CCCCCCCCCCCCCCCCCCSCCCCN1CCCC1. The number of hydrogen-bond donors (Lipinski definition) is 0. The topological polar surface area (TPSA) is 3.24 Å². The molecule has 0 aromatic heterocycles. The molecule has 2 heteroatoms. The van der Waals surface area contributed by atoms with Gasteiger partial charge in [0.15, 0.2) is 0 Å². The second-order valence-electron chi connectivity index (χ2n) is 9.17. The molecule has 1 fully saturated rings. The molecule has 0 aromatic rings. The van der Waals surface area contributed by atoms with Crippen molar-refractivity contribution < 1.29 is 0 Å². The lowest BCUT2D eigenvalue weighted by Gasteiger charge is -2.13. The average Bonchev–Trinajstić information content (AvgIpc) is 3.22. The third-order valence-electron chi connectivity index (χ3n) is 6.35. The number of thioether (sulfide) groups is 1. The van der Waals surface area contributed by atoms with Crippen molar-refractivity contribution in [3.63, 3.8) is 0 Å². The highest BCUT2D eigenvalue weighted by atomic mass is 32.2. The molecule has 0 bridgehead atoms. The highest BCUT2D eigenvalue weighted by molar-refractivity contribution is 7.99. The Morgan fingerprint density at radius 3 is 1.36 bits per heavy atom. The van der Waals surface area contributed by atoms with Crippen molar-refractivity contribution in [3.05, 3.63) is 0 Å². The molecule has 0 amide bonds. The maximum Gasteiger partial charge on any atom is -0.00183 e. The molecular weight excluding hydrogens is 358 g/mol. The van der Waals surface area contributed by atoms with E-state index in [4.69, 9.17) is 0 Å². The van der Waals surface area contributed by atoms with E-state index in [2.05, 4.69) is 23.6 Å². The van der Waals surface area contributed by atoms with E-state index in [0.29, 0.717) is 0 Å². The van der Waals surface area contributed by atoms with E-state index in [1.165, 1.54) is 160 Å². The van der Waals surface area contributed by atoms with E-state index < -0.39 is 0 Å². The van der Waals surface area contributed by atoms with Gasteiger partial charge in [-0.3, -0.25) is 0 Å². The third-order valence-corrected chi connectivity index (χ3v) is 7.51. The molecule has 0 unspecified atom stereocenters. The predicted octanol–water partition coefficient (Wildman–Crippen LogP) is 8.86. The molecular formula is C26H53NS. The number of hydrogen-bond acceptors (Lipinski definition) is 2. The summed E-state index contributed by atoms with van der Waals surface area (Å²) in [6.45, 7) is 6.40. The number of nitrogens with zero attached hydrogens (tertiary/aromatic N) is 1.